The van der Waals surface area contributed by atoms with E-state index in [1.54, 1.807) is 0 Å². The normalized spacial score (nSPS) is 25.5. The van der Waals surface area contributed by atoms with Crippen LogP contribution in [0.2, 0.25) is 25.7 Å². The summed E-state index contributed by atoms with van der Waals surface area (Å²) >= 11 is 0. The van der Waals surface area contributed by atoms with Gasteiger partial charge in [-0.15, -0.1) is 0 Å². The molecule has 3 aliphatic carbocycles. The second-order valence-corrected chi connectivity index (χ2v) is 17.0. The van der Waals surface area contributed by atoms with Crippen LogP contribution in [0.3, 0.4) is 0 Å². The monoisotopic (exact) mass is 430 g/mol. The molecular weight excluding hydrogens is 396 g/mol. The molecule has 2 heterocycles. The van der Waals surface area contributed by atoms with Gasteiger partial charge in [0.05, 0.1) is 6.20 Å². The van der Waals surface area contributed by atoms with Gasteiger partial charge in [0.2, 0.25) is 0 Å². The molecule has 2 aromatic rings. The van der Waals surface area contributed by atoms with Crippen LogP contribution in [-0.2, 0) is 21.6 Å². The average molecular weight is 431 g/mol. The predicted octanol–water partition coefficient (Wildman–Crippen LogP) is 4.44. The SMILES string of the molecule is CC(C)(C)OC(=O)NC12CC(c3cnc4c(cnn4COCC[Si](C)(C)C)c3)(C1)C2. The van der Waals surface area contributed by atoms with Gasteiger partial charge in [-0.3, -0.25) is 0 Å². The van der Waals surface area contributed by atoms with Crippen molar-refractivity contribution in [1.82, 2.24) is 20.1 Å². The topological polar surface area (TPSA) is 78.3 Å². The Kier molecular flexibility index (Phi) is 5.01. The number of carbonyl (C=O) groups excluding carboxylic acids is 1. The standard InChI is InChI=1S/C22H34N4O3Si/c1-20(2,3)29-19(27)25-22-12-21(13-22,14-22)17-9-16-10-24-26(18(16)23-11-17)15-28-7-8-30(4,5)6/h9-11H,7-8,12-15H2,1-6H3,(H,25,27). The number of nitrogens with zero attached hydrogens (tertiary/aromatic N) is 3. The van der Waals surface area contributed by atoms with Crippen LogP contribution < -0.4 is 5.32 Å². The molecule has 2 aromatic heterocycles. The van der Waals surface area contributed by atoms with Crippen LogP contribution in [0.4, 0.5) is 4.79 Å². The van der Waals surface area contributed by atoms with Crippen molar-refractivity contribution in [2.24, 2.45) is 0 Å². The molecular formula is C22H34N4O3Si. The maximum atomic E-state index is 12.1. The minimum Gasteiger partial charge on any atom is -0.444 e. The summed E-state index contributed by atoms with van der Waals surface area (Å²) in [6.07, 6.45) is 6.36. The van der Waals surface area contributed by atoms with Crippen molar-refractivity contribution in [1.29, 1.82) is 0 Å². The van der Waals surface area contributed by atoms with Crippen molar-refractivity contribution in [3.63, 3.8) is 0 Å². The molecule has 1 amide bonds. The third-order valence-electron chi connectivity index (χ3n) is 6.09. The lowest BCUT2D eigenvalue weighted by molar-refractivity contribution is -0.0885. The van der Waals surface area contributed by atoms with Gasteiger partial charge in [0.15, 0.2) is 5.65 Å². The third kappa shape index (κ3) is 4.25. The molecule has 8 heteroatoms. The molecule has 7 nitrogen and oxygen atoms in total. The molecule has 0 spiro atoms. The van der Waals surface area contributed by atoms with Gasteiger partial charge >= 0.3 is 6.09 Å². The van der Waals surface area contributed by atoms with Crippen LogP contribution in [0.1, 0.15) is 45.6 Å². The number of amides is 1. The molecule has 0 aromatic carbocycles. The molecule has 5 rings (SSSR count). The Morgan fingerprint density at radius 1 is 1.23 bits per heavy atom. The summed E-state index contributed by atoms with van der Waals surface area (Å²) in [6, 6.07) is 3.34. The molecule has 3 aliphatic rings. The number of alkyl carbamates (subject to hydrolysis) is 1. The average Bonchev–Trinajstić information content (AvgIpc) is 2.93. The van der Waals surface area contributed by atoms with E-state index < -0.39 is 13.7 Å². The highest BCUT2D eigenvalue weighted by molar-refractivity contribution is 6.76. The first-order valence-electron chi connectivity index (χ1n) is 10.8. The van der Waals surface area contributed by atoms with Gasteiger partial charge in [0, 0.05) is 37.2 Å². The van der Waals surface area contributed by atoms with Crippen LogP contribution >= 0.6 is 0 Å². The predicted molar refractivity (Wildman–Crippen MR) is 119 cm³/mol. The maximum Gasteiger partial charge on any atom is 0.408 e. The Labute approximate surface area is 179 Å². The summed E-state index contributed by atoms with van der Waals surface area (Å²) in [5.41, 5.74) is 1.65. The molecule has 3 saturated carbocycles. The molecule has 2 bridgehead atoms. The number of pyridine rings is 1. The number of fused-ring (bicyclic) bond motifs is 1. The fraction of sp³-hybridized carbons (Fsp3) is 0.682. The van der Waals surface area contributed by atoms with Crippen molar-refractivity contribution in [2.75, 3.05) is 6.61 Å². The highest BCUT2D eigenvalue weighted by atomic mass is 28.3. The van der Waals surface area contributed by atoms with Gasteiger partial charge < -0.3 is 14.8 Å². The van der Waals surface area contributed by atoms with E-state index in [4.69, 9.17) is 14.5 Å². The van der Waals surface area contributed by atoms with Crippen molar-refractivity contribution >= 4 is 25.2 Å². The summed E-state index contributed by atoms with van der Waals surface area (Å²) in [6.45, 7) is 13.9. The molecule has 0 aliphatic heterocycles. The number of aromatic nitrogens is 3. The van der Waals surface area contributed by atoms with Crippen LogP contribution in [-0.4, -0.2) is 46.7 Å². The fourth-order valence-electron chi connectivity index (χ4n) is 4.63. The Morgan fingerprint density at radius 3 is 2.57 bits per heavy atom. The third-order valence-corrected chi connectivity index (χ3v) is 7.80. The summed E-state index contributed by atoms with van der Waals surface area (Å²) in [7, 11) is -1.09. The number of carbonyl (C=O) groups is 1. The number of hydrogen-bond acceptors (Lipinski definition) is 5. The lowest BCUT2D eigenvalue weighted by Crippen LogP contribution is -2.76. The van der Waals surface area contributed by atoms with Gasteiger partial charge in [-0.05, 0) is 57.7 Å². The van der Waals surface area contributed by atoms with Crippen LogP contribution in [0.5, 0.6) is 0 Å². The number of hydrogen-bond donors (Lipinski definition) is 1. The summed E-state index contributed by atoms with van der Waals surface area (Å²) in [5, 5.41) is 8.58. The van der Waals surface area contributed by atoms with Gasteiger partial charge in [-0.2, -0.15) is 5.10 Å². The van der Waals surface area contributed by atoms with Gasteiger partial charge in [0.25, 0.3) is 0 Å². The van der Waals surface area contributed by atoms with Crippen LogP contribution in [0.25, 0.3) is 11.0 Å². The molecule has 164 valence electrons. The number of nitrogens with one attached hydrogen (secondary N) is 1. The smallest absolute Gasteiger partial charge is 0.408 e. The highest BCUT2D eigenvalue weighted by Gasteiger charge is 2.69. The molecule has 1 N–H and O–H groups in total. The first kappa shape index (κ1) is 21.3. The van der Waals surface area contributed by atoms with E-state index in [-0.39, 0.29) is 17.0 Å². The molecule has 3 fully saturated rings. The van der Waals surface area contributed by atoms with Crippen molar-refractivity contribution < 1.29 is 14.3 Å². The largest absolute Gasteiger partial charge is 0.444 e. The minimum absolute atomic E-state index is 0.105. The van der Waals surface area contributed by atoms with E-state index in [0.29, 0.717) is 6.73 Å². The second kappa shape index (κ2) is 7.05. The lowest BCUT2D eigenvalue weighted by atomic mass is 9.37. The van der Waals surface area contributed by atoms with Gasteiger partial charge in [0.1, 0.15) is 12.3 Å². The van der Waals surface area contributed by atoms with E-state index >= 15 is 0 Å². The minimum atomic E-state index is -1.09. The van der Waals surface area contributed by atoms with E-state index in [1.165, 1.54) is 5.56 Å². The zero-order valence-corrected chi connectivity index (χ0v) is 20.0. The van der Waals surface area contributed by atoms with Crippen molar-refractivity contribution in [3.8, 4) is 0 Å². The van der Waals surface area contributed by atoms with E-state index in [2.05, 4.69) is 36.1 Å². The molecule has 0 unspecified atom stereocenters. The summed E-state index contributed by atoms with van der Waals surface area (Å²) in [5.74, 6) is 0. The highest BCUT2D eigenvalue weighted by Crippen LogP contribution is 2.67. The van der Waals surface area contributed by atoms with Gasteiger partial charge in [-0.1, -0.05) is 19.6 Å². The molecule has 0 atom stereocenters. The second-order valence-electron chi connectivity index (χ2n) is 11.3. The zero-order chi connectivity index (χ0) is 21.8. The Bertz CT molecular complexity index is 938. The molecule has 0 saturated heterocycles. The first-order valence-corrected chi connectivity index (χ1v) is 14.5. The van der Waals surface area contributed by atoms with Gasteiger partial charge in [-0.25, -0.2) is 14.5 Å². The van der Waals surface area contributed by atoms with E-state index in [0.717, 1.165) is 42.9 Å². The van der Waals surface area contributed by atoms with Crippen LogP contribution in [0.15, 0.2) is 18.5 Å². The number of ether oxygens (including phenoxy) is 2. The fourth-order valence-corrected chi connectivity index (χ4v) is 5.39. The lowest BCUT2D eigenvalue weighted by Gasteiger charge is -2.70. The van der Waals surface area contributed by atoms with Crippen LogP contribution in [0, 0.1) is 0 Å². The number of rotatable bonds is 7. The summed E-state index contributed by atoms with van der Waals surface area (Å²) < 4.78 is 13.1. The van der Waals surface area contributed by atoms with E-state index in [1.807, 2.05) is 37.8 Å². The first-order chi connectivity index (χ1) is 13.9. The van der Waals surface area contributed by atoms with Crippen molar-refractivity contribution in [3.05, 3.63) is 24.0 Å². The Morgan fingerprint density at radius 2 is 1.93 bits per heavy atom. The van der Waals surface area contributed by atoms with E-state index in [9.17, 15) is 4.79 Å². The zero-order valence-electron chi connectivity index (χ0n) is 19.0. The maximum absolute atomic E-state index is 12.1. The molecule has 0 radical (unpaired) electrons. The quantitative estimate of drug-likeness (QED) is 0.519. The van der Waals surface area contributed by atoms with Crippen molar-refractivity contribution in [2.45, 2.75) is 89.0 Å². The Balaban J connectivity index is 1.35. The summed E-state index contributed by atoms with van der Waals surface area (Å²) in [4.78, 5) is 16.8. The molecule has 30 heavy (non-hydrogen) atoms. The Hall–Kier alpha value is -1.93.